The van der Waals surface area contributed by atoms with Crippen LogP contribution in [0.25, 0.3) is 0 Å². The van der Waals surface area contributed by atoms with Gasteiger partial charge in [-0.1, -0.05) is 23.5 Å². The Morgan fingerprint density at radius 1 is 1.23 bits per heavy atom. The van der Waals surface area contributed by atoms with Crippen molar-refractivity contribution in [1.29, 1.82) is 0 Å². The van der Waals surface area contributed by atoms with Crippen LogP contribution in [0.4, 0.5) is 21.0 Å². The van der Waals surface area contributed by atoms with E-state index in [9.17, 15) is 9.18 Å². The predicted octanol–water partition coefficient (Wildman–Crippen LogP) is 3.55. The summed E-state index contributed by atoms with van der Waals surface area (Å²) in [6.45, 7) is 4.90. The number of thiazole rings is 1. The Morgan fingerprint density at radius 3 is 2.74 bits per heavy atom. The molecule has 0 aliphatic carbocycles. The number of aromatic nitrogens is 1. The van der Waals surface area contributed by atoms with Crippen LogP contribution < -0.4 is 15.8 Å². The van der Waals surface area contributed by atoms with E-state index in [4.69, 9.17) is 15.2 Å². The van der Waals surface area contributed by atoms with E-state index in [0.717, 1.165) is 55.6 Å². The Labute approximate surface area is 183 Å². The number of nitrogen functional groups attached to an aromatic ring is 1. The molecule has 1 aliphatic rings. The van der Waals surface area contributed by atoms with Gasteiger partial charge in [-0.3, -0.25) is 9.69 Å². The van der Waals surface area contributed by atoms with Crippen molar-refractivity contribution in [1.82, 2.24) is 9.88 Å². The highest BCUT2D eigenvalue weighted by Gasteiger charge is 2.18. The van der Waals surface area contributed by atoms with Gasteiger partial charge >= 0.3 is 0 Å². The first kappa shape index (κ1) is 21.2. The van der Waals surface area contributed by atoms with Crippen molar-refractivity contribution in [2.24, 2.45) is 0 Å². The van der Waals surface area contributed by atoms with E-state index in [0.29, 0.717) is 11.7 Å². The third-order valence-corrected chi connectivity index (χ3v) is 5.82. The van der Waals surface area contributed by atoms with Crippen molar-refractivity contribution >= 4 is 33.8 Å². The Morgan fingerprint density at radius 2 is 2.00 bits per heavy atom. The number of carbonyl (C=O) groups is 1. The smallest absolute Gasteiger partial charge is 0.206 e. The fourth-order valence-corrected chi connectivity index (χ4v) is 4.05. The molecule has 1 aliphatic heterocycles. The molecule has 3 aromatic rings. The summed E-state index contributed by atoms with van der Waals surface area (Å²) < 4.78 is 24.6. The Kier molecular flexibility index (Phi) is 6.76. The van der Waals surface area contributed by atoms with Crippen LogP contribution in [0, 0.1) is 5.82 Å². The largest absolute Gasteiger partial charge is 0.492 e. The summed E-state index contributed by atoms with van der Waals surface area (Å²) >= 11 is 1.13. The zero-order valence-electron chi connectivity index (χ0n) is 16.8. The van der Waals surface area contributed by atoms with Crippen molar-refractivity contribution in [2.45, 2.75) is 0 Å². The van der Waals surface area contributed by atoms with Gasteiger partial charge in [0.25, 0.3) is 0 Å². The first-order valence-electron chi connectivity index (χ1n) is 9.95. The highest BCUT2D eigenvalue weighted by molar-refractivity contribution is 7.18. The fraction of sp³-hybridized carbons (Fsp3) is 0.273. The molecule has 31 heavy (non-hydrogen) atoms. The van der Waals surface area contributed by atoms with E-state index in [1.165, 1.54) is 18.2 Å². The maximum Gasteiger partial charge on any atom is 0.206 e. The Balaban J connectivity index is 1.34. The minimum absolute atomic E-state index is 0.116. The quantitative estimate of drug-likeness (QED) is 0.516. The molecule has 0 radical (unpaired) electrons. The summed E-state index contributed by atoms with van der Waals surface area (Å²) in [5.41, 5.74) is 6.95. The van der Waals surface area contributed by atoms with Crippen LogP contribution in [0.15, 0.2) is 48.5 Å². The lowest BCUT2D eigenvalue weighted by atomic mass is 10.1. The van der Waals surface area contributed by atoms with Gasteiger partial charge in [0, 0.05) is 30.9 Å². The number of ether oxygens (including phenoxy) is 2. The van der Waals surface area contributed by atoms with Gasteiger partial charge in [0.2, 0.25) is 5.78 Å². The van der Waals surface area contributed by atoms with Gasteiger partial charge in [0.05, 0.1) is 13.2 Å². The van der Waals surface area contributed by atoms with Gasteiger partial charge in [-0.25, -0.2) is 9.37 Å². The monoisotopic (exact) mass is 442 g/mol. The number of nitrogens with two attached hydrogens (primary N) is 1. The lowest BCUT2D eigenvalue weighted by Crippen LogP contribution is -2.38. The lowest BCUT2D eigenvalue weighted by Gasteiger charge is -2.26. The molecule has 162 valence electrons. The highest BCUT2D eigenvalue weighted by atomic mass is 32.1. The van der Waals surface area contributed by atoms with E-state index < -0.39 is 5.82 Å². The predicted molar refractivity (Wildman–Crippen MR) is 119 cm³/mol. The Bertz CT molecular complexity index is 1040. The third kappa shape index (κ3) is 5.57. The number of nitrogens with zero attached hydrogens (tertiary/aromatic N) is 2. The SMILES string of the molecule is Nc1nc(Nc2ccc(OCCN3CCOCC3)cc2)sc1C(=O)c1cccc(F)c1. The number of hydrogen-bond donors (Lipinski definition) is 2. The molecule has 4 rings (SSSR count). The molecule has 1 fully saturated rings. The average molecular weight is 443 g/mol. The number of carbonyl (C=O) groups excluding carboxylic acids is 1. The number of morpholine rings is 1. The van der Waals surface area contributed by atoms with Crippen LogP contribution in [0.1, 0.15) is 15.2 Å². The molecule has 9 heteroatoms. The Hall–Kier alpha value is -3.01. The van der Waals surface area contributed by atoms with Crippen LogP contribution >= 0.6 is 11.3 Å². The number of anilines is 3. The van der Waals surface area contributed by atoms with Gasteiger partial charge < -0.3 is 20.5 Å². The number of hydrogen-bond acceptors (Lipinski definition) is 8. The van der Waals surface area contributed by atoms with E-state index in [2.05, 4.69) is 15.2 Å². The van der Waals surface area contributed by atoms with Gasteiger partial charge in [-0.2, -0.15) is 0 Å². The van der Waals surface area contributed by atoms with Crippen LogP contribution in [-0.2, 0) is 4.74 Å². The van der Waals surface area contributed by atoms with Crippen LogP contribution in [0.5, 0.6) is 5.75 Å². The number of ketones is 1. The second-order valence-electron chi connectivity index (χ2n) is 7.02. The molecule has 1 aromatic heterocycles. The van der Waals surface area contributed by atoms with Gasteiger partial charge in [-0.05, 0) is 36.4 Å². The van der Waals surface area contributed by atoms with Crippen molar-refractivity contribution < 1.29 is 18.7 Å². The van der Waals surface area contributed by atoms with Crippen LogP contribution in [-0.4, -0.2) is 55.1 Å². The molecule has 2 heterocycles. The summed E-state index contributed by atoms with van der Waals surface area (Å²) in [5, 5.41) is 3.63. The fourth-order valence-electron chi connectivity index (χ4n) is 3.18. The van der Waals surface area contributed by atoms with Gasteiger partial charge in [0.1, 0.15) is 28.9 Å². The maximum atomic E-state index is 13.4. The lowest BCUT2D eigenvalue weighted by molar-refractivity contribution is 0.0322. The maximum absolute atomic E-state index is 13.4. The number of halogens is 1. The van der Waals surface area contributed by atoms with E-state index in [1.54, 1.807) is 6.07 Å². The number of rotatable bonds is 8. The summed E-state index contributed by atoms with van der Waals surface area (Å²) in [5.74, 6) is 0.0652. The number of benzene rings is 2. The second kappa shape index (κ2) is 9.86. The van der Waals surface area contributed by atoms with Crippen molar-refractivity contribution in [2.75, 3.05) is 50.5 Å². The summed E-state index contributed by atoms with van der Waals surface area (Å²) in [6, 6.07) is 13.0. The summed E-state index contributed by atoms with van der Waals surface area (Å²) in [6.07, 6.45) is 0. The van der Waals surface area contributed by atoms with Crippen molar-refractivity contribution in [3.05, 3.63) is 64.8 Å². The van der Waals surface area contributed by atoms with E-state index >= 15 is 0 Å². The van der Waals surface area contributed by atoms with E-state index in [-0.39, 0.29) is 22.0 Å². The first-order valence-corrected chi connectivity index (χ1v) is 10.8. The summed E-state index contributed by atoms with van der Waals surface area (Å²) in [7, 11) is 0. The minimum atomic E-state index is -0.473. The molecule has 0 saturated carbocycles. The van der Waals surface area contributed by atoms with Gasteiger partial charge in [0.15, 0.2) is 5.13 Å². The molecule has 3 N–H and O–H groups in total. The molecule has 7 nitrogen and oxygen atoms in total. The van der Waals surface area contributed by atoms with Gasteiger partial charge in [-0.15, -0.1) is 0 Å². The normalized spacial score (nSPS) is 14.4. The standard InChI is InChI=1S/C22H23FN4O3S/c23-16-3-1-2-15(14-16)19(28)20-21(24)26-22(31-20)25-17-4-6-18(7-5-17)30-13-10-27-8-11-29-12-9-27/h1-7,14H,8-13,24H2,(H,25,26). The van der Waals surface area contributed by atoms with E-state index in [1.807, 2.05) is 24.3 Å². The zero-order valence-corrected chi connectivity index (χ0v) is 17.7. The molecule has 2 aromatic carbocycles. The molecule has 1 saturated heterocycles. The molecular formula is C22H23FN4O3S. The van der Waals surface area contributed by atoms with Crippen molar-refractivity contribution in [3.63, 3.8) is 0 Å². The zero-order chi connectivity index (χ0) is 21.6. The average Bonchev–Trinajstić information content (AvgIpc) is 3.15. The number of nitrogens with one attached hydrogen (secondary N) is 1. The molecule has 0 bridgehead atoms. The third-order valence-electron chi connectivity index (χ3n) is 4.83. The topological polar surface area (TPSA) is 89.7 Å². The molecule has 0 unspecified atom stereocenters. The van der Waals surface area contributed by atoms with Crippen LogP contribution in [0.2, 0.25) is 0 Å². The molecular weight excluding hydrogens is 419 g/mol. The minimum Gasteiger partial charge on any atom is -0.492 e. The first-order chi connectivity index (χ1) is 15.1. The second-order valence-corrected chi connectivity index (χ2v) is 8.02. The molecule has 0 spiro atoms. The molecule has 0 atom stereocenters. The van der Waals surface area contributed by atoms with Crippen molar-refractivity contribution in [3.8, 4) is 5.75 Å². The summed E-state index contributed by atoms with van der Waals surface area (Å²) in [4.78, 5) is 19.4. The molecule has 0 amide bonds. The van der Waals surface area contributed by atoms with Crippen LogP contribution in [0.3, 0.4) is 0 Å². The highest BCUT2D eigenvalue weighted by Crippen LogP contribution is 2.30.